The van der Waals surface area contributed by atoms with E-state index in [-0.39, 0.29) is 11.5 Å². The van der Waals surface area contributed by atoms with Crippen molar-refractivity contribution in [3.05, 3.63) is 12.3 Å². The van der Waals surface area contributed by atoms with Crippen LogP contribution in [-0.4, -0.2) is 29.2 Å². The molecule has 0 aromatic carbocycles. The van der Waals surface area contributed by atoms with Crippen LogP contribution in [-0.2, 0) is 0 Å². The highest BCUT2D eigenvalue weighted by molar-refractivity contribution is 5.28. The average Bonchev–Trinajstić information content (AvgIpc) is 2.46. The highest BCUT2D eigenvalue weighted by Crippen LogP contribution is 2.35. The molecule has 1 fully saturated rings. The van der Waals surface area contributed by atoms with Crippen LogP contribution >= 0.6 is 0 Å². The summed E-state index contributed by atoms with van der Waals surface area (Å²) in [6.45, 7) is 5.54. The molecule has 0 saturated heterocycles. The summed E-state index contributed by atoms with van der Waals surface area (Å²) >= 11 is 0. The Morgan fingerprint density at radius 3 is 2.75 bits per heavy atom. The Labute approximate surface area is 121 Å². The Kier molecular flexibility index (Phi) is 5.17. The number of ether oxygens (including phenoxy) is 1. The van der Waals surface area contributed by atoms with E-state index in [4.69, 9.17) is 10.5 Å². The lowest BCUT2D eigenvalue weighted by Crippen LogP contribution is -2.39. The van der Waals surface area contributed by atoms with Crippen LogP contribution in [0.25, 0.3) is 0 Å². The molecule has 0 amide bonds. The Morgan fingerprint density at radius 2 is 2.10 bits per heavy atom. The molecule has 1 saturated carbocycles. The first kappa shape index (κ1) is 15.0. The lowest BCUT2D eigenvalue weighted by molar-refractivity contribution is 0.214. The molecular weight excluding hydrogens is 252 g/mol. The van der Waals surface area contributed by atoms with Gasteiger partial charge in [-0.1, -0.05) is 19.3 Å². The minimum Gasteiger partial charge on any atom is -0.475 e. The van der Waals surface area contributed by atoms with Crippen LogP contribution in [0, 0.1) is 5.41 Å². The summed E-state index contributed by atoms with van der Waals surface area (Å²) in [5.74, 6) is 1.24. The fourth-order valence-corrected chi connectivity index (χ4v) is 2.76. The fraction of sp³-hybridized carbons (Fsp3) is 0.733. The van der Waals surface area contributed by atoms with Crippen molar-refractivity contribution >= 4 is 5.95 Å². The van der Waals surface area contributed by atoms with Crippen molar-refractivity contribution in [3.8, 4) is 5.88 Å². The van der Waals surface area contributed by atoms with Crippen LogP contribution in [0.5, 0.6) is 5.88 Å². The first-order valence-corrected chi connectivity index (χ1v) is 7.57. The third-order valence-corrected chi connectivity index (χ3v) is 3.96. The van der Waals surface area contributed by atoms with Crippen LogP contribution in [0.4, 0.5) is 5.95 Å². The molecule has 0 aliphatic heterocycles. The van der Waals surface area contributed by atoms with Crippen LogP contribution in [0.2, 0.25) is 0 Å². The molecule has 20 heavy (non-hydrogen) atoms. The van der Waals surface area contributed by atoms with E-state index in [0.717, 1.165) is 13.1 Å². The number of anilines is 1. The van der Waals surface area contributed by atoms with Crippen molar-refractivity contribution in [1.82, 2.24) is 9.97 Å². The monoisotopic (exact) mass is 278 g/mol. The highest BCUT2D eigenvalue weighted by atomic mass is 16.5. The smallest absolute Gasteiger partial charge is 0.225 e. The predicted octanol–water partition coefficient (Wildman–Crippen LogP) is 2.58. The number of nitrogens with zero attached hydrogens (tertiary/aromatic N) is 2. The molecule has 1 aromatic rings. The average molecular weight is 278 g/mol. The standard InChI is InChI=1S/C15H26N4O/c1-12(2)20-13-6-9-17-14(19-13)18-11-15(10-16)7-4-3-5-8-15/h6,9,12H,3-5,7-8,10-11,16H2,1-2H3,(H,17,18,19). The van der Waals surface area contributed by atoms with Crippen molar-refractivity contribution in [1.29, 1.82) is 0 Å². The van der Waals surface area contributed by atoms with E-state index >= 15 is 0 Å². The molecule has 2 rings (SSSR count). The second-order valence-corrected chi connectivity index (χ2v) is 6.00. The van der Waals surface area contributed by atoms with Gasteiger partial charge >= 0.3 is 0 Å². The summed E-state index contributed by atoms with van der Waals surface area (Å²) in [6.07, 6.45) is 8.11. The van der Waals surface area contributed by atoms with Gasteiger partial charge in [-0.05, 0) is 38.6 Å². The number of hydrogen-bond acceptors (Lipinski definition) is 5. The first-order valence-electron chi connectivity index (χ1n) is 7.57. The maximum atomic E-state index is 5.99. The summed E-state index contributed by atoms with van der Waals surface area (Å²) in [4.78, 5) is 8.63. The molecule has 0 radical (unpaired) electrons. The molecule has 5 nitrogen and oxygen atoms in total. The van der Waals surface area contributed by atoms with Crippen molar-refractivity contribution in [2.24, 2.45) is 11.1 Å². The zero-order valence-electron chi connectivity index (χ0n) is 12.6. The van der Waals surface area contributed by atoms with Crippen molar-refractivity contribution < 1.29 is 4.74 Å². The molecule has 0 atom stereocenters. The van der Waals surface area contributed by atoms with Gasteiger partial charge in [0.2, 0.25) is 11.8 Å². The Hall–Kier alpha value is -1.36. The van der Waals surface area contributed by atoms with E-state index in [1.807, 2.05) is 13.8 Å². The summed E-state index contributed by atoms with van der Waals surface area (Å²) in [5.41, 5.74) is 6.20. The van der Waals surface area contributed by atoms with Gasteiger partial charge in [0, 0.05) is 18.8 Å². The second kappa shape index (κ2) is 6.88. The molecule has 3 N–H and O–H groups in total. The normalized spacial score (nSPS) is 18.0. The lowest BCUT2D eigenvalue weighted by atomic mass is 9.74. The van der Waals surface area contributed by atoms with E-state index in [9.17, 15) is 0 Å². The van der Waals surface area contributed by atoms with Gasteiger partial charge in [0.05, 0.1) is 6.10 Å². The minimum absolute atomic E-state index is 0.117. The van der Waals surface area contributed by atoms with Crippen LogP contribution in [0.15, 0.2) is 12.3 Å². The molecule has 5 heteroatoms. The van der Waals surface area contributed by atoms with Crippen molar-refractivity contribution in [2.75, 3.05) is 18.4 Å². The summed E-state index contributed by atoms with van der Waals surface area (Å²) in [6, 6.07) is 1.78. The maximum Gasteiger partial charge on any atom is 0.225 e. The lowest BCUT2D eigenvalue weighted by Gasteiger charge is -2.36. The molecule has 1 aliphatic carbocycles. The fourth-order valence-electron chi connectivity index (χ4n) is 2.76. The molecular formula is C15H26N4O. The van der Waals surface area contributed by atoms with Crippen molar-refractivity contribution in [3.63, 3.8) is 0 Å². The zero-order valence-corrected chi connectivity index (χ0v) is 12.6. The maximum absolute atomic E-state index is 5.99. The molecule has 0 spiro atoms. The first-order chi connectivity index (χ1) is 9.63. The van der Waals surface area contributed by atoms with E-state index in [0.29, 0.717) is 11.8 Å². The van der Waals surface area contributed by atoms with Gasteiger partial charge in [0.25, 0.3) is 0 Å². The SMILES string of the molecule is CC(C)Oc1ccnc(NCC2(CN)CCCCC2)n1. The van der Waals surface area contributed by atoms with E-state index in [1.54, 1.807) is 12.3 Å². The predicted molar refractivity (Wildman–Crippen MR) is 80.9 cm³/mol. The van der Waals surface area contributed by atoms with Gasteiger partial charge in [-0.25, -0.2) is 4.98 Å². The van der Waals surface area contributed by atoms with Crippen LogP contribution in [0.1, 0.15) is 46.0 Å². The van der Waals surface area contributed by atoms with E-state index in [2.05, 4.69) is 15.3 Å². The number of rotatable bonds is 6. The third-order valence-electron chi connectivity index (χ3n) is 3.96. The Bertz CT molecular complexity index is 416. The van der Waals surface area contributed by atoms with E-state index < -0.39 is 0 Å². The molecule has 1 heterocycles. The second-order valence-electron chi connectivity index (χ2n) is 6.00. The third kappa shape index (κ3) is 4.07. The van der Waals surface area contributed by atoms with Gasteiger partial charge in [-0.3, -0.25) is 0 Å². The summed E-state index contributed by atoms with van der Waals surface area (Å²) in [5, 5.41) is 3.34. The zero-order chi connectivity index (χ0) is 14.4. The van der Waals surface area contributed by atoms with Crippen LogP contribution < -0.4 is 15.8 Å². The largest absolute Gasteiger partial charge is 0.475 e. The number of hydrogen-bond donors (Lipinski definition) is 2. The minimum atomic E-state index is 0.117. The quantitative estimate of drug-likeness (QED) is 0.836. The van der Waals surface area contributed by atoms with Gasteiger partial charge < -0.3 is 15.8 Å². The Morgan fingerprint density at radius 1 is 1.35 bits per heavy atom. The molecule has 112 valence electrons. The van der Waals surface area contributed by atoms with Gasteiger partial charge in [0.1, 0.15) is 0 Å². The summed E-state index contributed by atoms with van der Waals surface area (Å²) in [7, 11) is 0. The molecule has 1 aliphatic rings. The van der Waals surface area contributed by atoms with Gasteiger partial charge in [-0.15, -0.1) is 0 Å². The van der Waals surface area contributed by atoms with E-state index in [1.165, 1.54) is 32.1 Å². The number of nitrogens with one attached hydrogen (secondary N) is 1. The number of nitrogens with two attached hydrogens (primary N) is 1. The molecule has 0 bridgehead atoms. The topological polar surface area (TPSA) is 73.1 Å². The van der Waals surface area contributed by atoms with Gasteiger partial charge in [0.15, 0.2) is 0 Å². The molecule has 0 unspecified atom stereocenters. The van der Waals surface area contributed by atoms with Crippen LogP contribution in [0.3, 0.4) is 0 Å². The van der Waals surface area contributed by atoms with Gasteiger partial charge in [-0.2, -0.15) is 4.98 Å². The summed E-state index contributed by atoms with van der Waals surface area (Å²) < 4.78 is 5.58. The Balaban J connectivity index is 1.95. The highest BCUT2D eigenvalue weighted by Gasteiger charge is 2.30. The number of aromatic nitrogens is 2. The molecule has 1 aromatic heterocycles. The van der Waals surface area contributed by atoms with Crippen molar-refractivity contribution in [2.45, 2.75) is 52.1 Å².